The third-order valence-electron chi connectivity index (χ3n) is 6.76. The fourth-order valence-corrected chi connectivity index (χ4v) is 4.75. The van der Waals surface area contributed by atoms with Crippen LogP contribution in [0.25, 0.3) is 16.7 Å². The lowest BCUT2D eigenvalue weighted by Crippen LogP contribution is -2.49. The molecule has 1 atom stereocenters. The summed E-state index contributed by atoms with van der Waals surface area (Å²) in [5, 5.41) is 16.6. The van der Waals surface area contributed by atoms with Crippen LogP contribution < -0.4 is 4.90 Å². The van der Waals surface area contributed by atoms with Gasteiger partial charge in [-0.2, -0.15) is 5.10 Å². The highest BCUT2D eigenvalue weighted by Crippen LogP contribution is 2.30. The molecule has 2 aromatic carbocycles. The van der Waals surface area contributed by atoms with E-state index in [0.717, 1.165) is 41.2 Å². The van der Waals surface area contributed by atoms with Gasteiger partial charge in [0.15, 0.2) is 5.65 Å². The lowest BCUT2D eigenvalue weighted by atomic mass is 10.1. The number of rotatable bonds is 7. The van der Waals surface area contributed by atoms with Crippen LogP contribution in [0.2, 0.25) is 0 Å². The fraction of sp³-hybridized carbons (Fsp3) is 0.333. The van der Waals surface area contributed by atoms with Crippen molar-refractivity contribution in [1.29, 1.82) is 0 Å². The number of nitro benzene ring substituents is 1. The number of non-ortho nitro benzene ring substituents is 1. The minimum atomic E-state index is -0.484. The highest BCUT2D eigenvalue weighted by atomic mass is 16.6. The minimum Gasteiger partial charge on any atom is -0.352 e. The standard InChI is InChI=1S/C27H29N7O3/c1-3-8-19(2)24-29-25(23-18-28-33(26(23)30-24)21-10-5-4-6-11-21)31-13-15-32(16-14-31)27(35)20-9-7-12-22(17-20)34(36)37/h4-7,9-12,17-19H,3,8,13-16H2,1-2H3. The van der Waals surface area contributed by atoms with E-state index in [-0.39, 0.29) is 17.5 Å². The molecule has 2 aromatic heterocycles. The number of aromatic nitrogens is 4. The Balaban J connectivity index is 1.43. The van der Waals surface area contributed by atoms with Crippen molar-refractivity contribution >= 4 is 28.4 Å². The molecule has 10 nitrogen and oxygen atoms in total. The normalized spacial score (nSPS) is 14.6. The molecular weight excluding hydrogens is 470 g/mol. The quantitative estimate of drug-likeness (QED) is 0.270. The van der Waals surface area contributed by atoms with Crippen LogP contribution in [0.4, 0.5) is 11.5 Å². The maximum absolute atomic E-state index is 13.1. The average Bonchev–Trinajstić information content (AvgIpc) is 3.37. The van der Waals surface area contributed by atoms with Gasteiger partial charge in [0.05, 0.1) is 22.2 Å². The van der Waals surface area contributed by atoms with Crippen molar-refractivity contribution in [2.45, 2.75) is 32.6 Å². The molecule has 5 rings (SSSR count). The molecule has 1 aliphatic rings. The Morgan fingerprint density at radius 3 is 2.51 bits per heavy atom. The number of nitrogens with zero attached hydrogens (tertiary/aromatic N) is 7. The second-order valence-corrected chi connectivity index (χ2v) is 9.31. The average molecular weight is 500 g/mol. The van der Waals surface area contributed by atoms with E-state index in [0.29, 0.717) is 31.7 Å². The maximum Gasteiger partial charge on any atom is 0.270 e. The molecule has 10 heteroatoms. The summed E-state index contributed by atoms with van der Waals surface area (Å²) in [4.78, 5) is 37.5. The van der Waals surface area contributed by atoms with Crippen LogP contribution >= 0.6 is 0 Å². The lowest BCUT2D eigenvalue weighted by molar-refractivity contribution is -0.384. The van der Waals surface area contributed by atoms with Gasteiger partial charge in [0.1, 0.15) is 11.6 Å². The monoisotopic (exact) mass is 499 g/mol. The first-order valence-corrected chi connectivity index (χ1v) is 12.6. The summed E-state index contributed by atoms with van der Waals surface area (Å²) < 4.78 is 1.85. The van der Waals surface area contributed by atoms with Gasteiger partial charge >= 0.3 is 0 Å². The van der Waals surface area contributed by atoms with Crippen molar-refractivity contribution in [3.05, 3.63) is 82.3 Å². The first kappa shape index (κ1) is 24.4. The molecule has 0 bridgehead atoms. The third kappa shape index (κ3) is 4.87. The number of carbonyl (C=O) groups is 1. The Morgan fingerprint density at radius 2 is 1.81 bits per heavy atom. The second-order valence-electron chi connectivity index (χ2n) is 9.31. The Morgan fingerprint density at radius 1 is 1.05 bits per heavy atom. The number of amides is 1. The highest BCUT2D eigenvalue weighted by Gasteiger charge is 2.27. The van der Waals surface area contributed by atoms with Crippen LogP contribution in [0.15, 0.2) is 60.8 Å². The van der Waals surface area contributed by atoms with Gasteiger partial charge in [0.25, 0.3) is 11.6 Å². The van der Waals surface area contributed by atoms with Crippen LogP contribution in [-0.4, -0.2) is 61.7 Å². The maximum atomic E-state index is 13.1. The lowest BCUT2D eigenvalue weighted by Gasteiger charge is -2.35. The van der Waals surface area contributed by atoms with E-state index < -0.39 is 4.92 Å². The van der Waals surface area contributed by atoms with E-state index in [1.165, 1.54) is 12.1 Å². The Bertz CT molecular complexity index is 1430. The van der Waals surface area contributed by atoms with Gasteiger partial charge in [-0.3, -0.25) is 14.9 Å². The molecule has 0 spiro atoms. The second kappa shape index (κ2) is 10.3. The smallest absolute Gasteiger partial charge is 0.270 e. The summed E-state index contributed by atoms with van der Waals surface area (Å²) in [5.41, 5.74) is 1.94. The first-order valence-electron chi connectivity index (χ1n) is 12.6. The SMILES string of the molecule is CCCC(C)c1nc(N2CCN(C(=O)c3cccc([N+](=O)[O-])c3)CC2)c2cnn(-c3ccccc3)c2n1. The van der Waals surface area contributed by atoms with Crippen molar-refractivity contribution < 1.29 is 9.72 Å². The van der Waals surface area contributed by atoms with Crippen molar-refractivity contribution in [1.82, 2.24) is 24.6 Å². The molecule has 0 aliphatic carbocycles. The van der Waals surface area contributed by atoms with Gasteiger partial charge in [0, 0.05) is 49.8 Å². The summed E-state index contributed by atoms with van der Waals surface area (Å²) in [6.07, 6.45) is 3.83. The molecule has 3 heterocycles. The summed E-state index contributed by atoms with van der Waals surface area (Å²) >= 11 is 0. The summed E-state index contributed by atoms with van der Waals surface area (Å²) in [7, 11) is 0. The molecule has 190 valence electrons. The Kier molecular flexibility index (Phi) is 6.80. The third-order valence-corrected chi connectivity index (χ3v) is 6.76. The van der Waals surface area contributed by atoms with Gasteiger partial charge < -0.3 is 9.80 Å². The zero-order valence-electron chi connectivity index (χ0n) is 20.9. The summed E-state index contributed by atoms with van der Waals surface area (Å²) in [5.74, 6) is 1.61. The molecule has 1 unspecified atom stereocenters. The largest absolute Gasteiger partial charge is 0.352 e. The number of nitro groups is 1. The summed E-state index contributed by atoms with van der Waals surface area (Å²) in [6.45, 7) is 6.45. The number of hydrogen-bond acceptors (Lipinski definition) is 7. The van der Waals surface area contributed by atoms with Crippen LogP contribution in [0, 0.1) is 10.1 Å². The number of hydrogen-bond donors (Lipinski definition) is 0. The van der Waals surface area contributed by atoms with Crippen molar-refractivity contribution in [2.75, 3.05) is 31.1 Å². The molecule has 0 radical (unpaired) electrons. The number of piperazine rings is 1. The molecule has 4 aromatic rings. The van der Waals surface area contributed by atoms with Gasteiger partial charge in [-0.1, -0.05) is 44.5 Å². The summed E-state index contributed by atoms with van der Waals surface area (Å²) in [6, 6.07) is 15.8. The van der Waals surface area contributed by atoms with E-state index in [4.69, 9.17) is 9.97 Å². The Labute approximate surface area is 214 Å². The minimum absolute atomic E-state index is 0.0861. The van der Waals surface area contributed by atoms with Gasteiger partial charge in [-0.15, -0.1) is 0 Å². The van der Waals surface area contributed by atoms with E-state index in [1.807, 2.05) is 41.2 Å². The Hall–Kier alpha value is -4.34. The van der Waals surface area contributed by atoms with Crippen LogP contribution in [0.5, 0.6) is 0 Å². The van der Waals surface area contributed by atoms with Gasteiger partial charge in [-0.05, 0) is 24.6 Å². The molecular formula is C27H29N7O3. The molecule has 1 fully saturated rings. The zero-order valence-corrected chi connectivity index (χ0v) is 20.9. The van der Waals surface area contributed by atoms with Crippen molar-refractivity contribution in [2.24, 2.45) is 0 Å². The molecule has 0 N–H and O–H groups in total. The molecule has 1 aliphatic heterocycles. The molecule has 0 saturated carbocycles. The fourth-order valence-electron chi connectivity index (χ4n) is 4.75. The number of anilines is 1. The van der Waals surface area contributed by atoms with Gasteiger partial charge in [-0.25, -0.2) is 14.6 Å². The van der Waals surface area contributed by atoms with Crippen LogP contribution in [0.3, 0.4) is 0 Å². The van der Waals surface area contributed by atoms with Crippen LogP contribution in [-0.2, 0) is 0 Å². The topological polar surface area (TPSA) is 110 Å². The van der Waals surface area contributed by atoms with E-state index in [2.05, 4.69) is 23.8 Å². The molecule has 1 saturated heterocycles. The molecule has 37 heavy (non-hydrogen) atoms. The predicted molar refractivity (Wildman–Crippen MR) is 141 cm³/mol. The zero-order chi connectivity index (χ0) is 25.9. The number of carbonyl (C=O) groups excluding carboxylic acids is 1. The predicted octanol–water partition coefficient (Wildman–Crippen LogP) is 4.59. The van der Waals surface area contributed by atoms with E-state index >= 15 is 0 Å². The highest BCUT2D eigenvalue weighted by molar-refractivity contribution is 5.95. The van der Waals surface area contributed by atoms with E-state index in [1.54, 1.807) is 17.0 Å². The number of para-hydroxylation sites is 1. The number of benzene rings is 2. The van der Waals surface area contributed by atoms with E-state index in [9.17, 15) is 14.9 Å². The van der Waals surface area contributed by atoms with Crippen LogP contribution in [0.1, 0.15) is 48.8 Å². The number of fused-ring (bicyclic) bond motifs is 1. The van der Waals surface area contributed by atoms with Crippen molar-refractivity contribution in [3.63, 3.8) is 0 Å². The van der Waals surface area contributed by atoms with Crippen molar-refractivity contribution in [3.8, 4) is 5.69 Å². The molecule has 1 amide bonds. The van der Waals surface area contributed by atoms with Gasteiger partial charge in [0.2, 0.25) is 0 Å². The first-order chi connectivity index (χ1) is 18.0.